The number of benzene rings is 2. The highest BCUT2D eigenvalue weighted by atomic mass is 35.5. The van der Waals surface area contributed by atoms with Crippen LogP contribution in [0.1, 0.15) is 35.5 Å². The van der Waals surface area contributed by atoms with Crippen molar-refractivity contribution in [1.82, 2.24) is 9.97 Å². The second-order valence-corrected chi connectivity index (χ2v) is 10.1. The van der Waals surface area contributed by atoms with Gasteiger partial charge in [0.1, 0.15) is 5.82 Å². The lowest BCUT2D eigenvalue weighted by Crippen LogP contribution is -2.19. The molecular formula is C21H18Cl2FN3O3S. The molecule has 0 unspecified atom stereocenters. The van der Waals surface area contributed by atoms with Gasteiger partial charge in [0.05, 0.1) is 32.1 Å². The van der Waals surface area contributed by atoms with E-state index in [1.807, 2.05) is 0 Å². The van der Waals surface area contributed by atoms with Crippen LogP contribution in [0.5, 0.6) is 0 Å². The highest BCUT2D eigenvalue weighted by Crippen LogP contribution is 2.27. The summed E-state index contributed by atoms with van der Waals surface area (Å²) >= 11 is 11.9. The van der Waals surface area contributed by atoms with E-state index in [1.54, 1.807) is 32.0 Å². The van der Waals surface area contributed by atoms with E-state index < -0.39 is 26.8 Å². The van der Waals surface area contributed by atoms with Crippen molar-refractivity contribution in [3.8, 4) is 0 Å². The number of carbonyl (C=O) groups is 1. The van der Waals surface area contributed by atoms with Gasteiger partial charge in [-0.15, -0.1) is 0 Å². The molecule has 0 aliphatic carbocycles. The highest BCUT2D eigenvalue weighted by Gasteiger charge is 2.24. The summed E-state index contributed by atoms with van der Waals surface area (Å²) in [5.41, 5.74) is 0.471. The second-order valence-electron chi connectivity index (χ2n) is 6.93. The predicted octanol–water partition coefficient (Wildman–Crippen LogP) is 4.95. The van der Waals surface area contributed by atoms with Crippen molar-refractivity contribution in [3.63, 3.8) is 0 Å². The number of para-hydroxylation sites is 1. The predicted molar refractivity (Wildman–Crippen MR) is 118 cm³/mol. The lowest BCUT2D eigenvalue weighted by atomic mass is 10.1. The molecule has 0 fully saturated rings. The molecule has 0 atom stereocenters. The molecule has 6 nitrogen and oxygen atoms in total. The van der Waals surface area contributed by atoms with Gasteiger partial charge in [-0.05, 0) is 49.2 Å². The van der Waals surface area contributed by atoms with Gasteiger partial charge in [0.2, 0.25) is 5.28 Å². The third kappa shape index (κ3) is 5.03. The lowest BCUT2D eigenvalue weighted by Gasteiger charge is -2.14. The number of amides is 1. The number of carbonyl (C=O) groups excluding carboxylic acids is 1. The molecule has 0 aliphatic heterocycles. The van der Waals surface area contributed by atoms with Crippen LogP contribution < -0.4 is 5.32 Å². The molecular weight excluding hydrogens is 464 g/mol. The van der Waals surface area contributed by atoms with Gasteiger partial charge >= 0.3 is 0 Å². The third-order valence-electron chi connectivity index (χ3n) is 4.54. The van der Waals surface area contributed by atoms with Crippen molar-refractivity contribution < 1.29 is 17.6 Å². The first-order valence-corrected chi connectivity index (χ1v) is 11.5. The van der Waals surface area contributed by atoms with Crippen LogP contribution in [0.4, 0.5) is 10.1 Å². The average Bonchev–Trinajstić information content (AvgIpc) is 2.71. The third-order valence-corrected chi connectivity index (χ3v) is 7.29. The zero-order valence-corrected chi connectivity index (χ0v) is 18.9. The average molecular weight is 482 g/mol. The second kappa shape index (κ2) is 9.30. The number of hydrogen-bond acceptors (Lipinski definition) is 5. The van der Waals surface area contributed by atoms with Crippen LogP contribution >= 0.6 is 23.2 Å². The minimum Gasteiger partial charge on any atom is -0.318 e. The number of halogens is 3. The fraction of sp³-hybridized carbons (Fsp3) is 0.190. The first-order valence-electron chi connectivity index (χ1n) is 9.20. The monoisotopic (exact) mass is 481 g/mol. The molecule has 1 amide bonds. The van der Waals surface area contributed by atoms with E-state index in [1.165, 1.54) is 24.4 Å². The minimum atomic E-state index is -3.57. The molecule has 0 saturated carbocycles. The summed E-state index contributed by atoms with van der Waals surface area (Å²) in [4.78, 5) is 20.9. The Bertz CT molecular complexity index is 1230. The smallest absolute Gasteiger partial charge is 0.259 e. The van der Waals surface area contributed by atoms with Crippen molar-refractivity contribution in [3.05, 3.63) is 81.6 Å². The maximum atomic E-state index is 14.1. The van der Waals surface area contributed by atoms with Crippen LogP contribution in [0.25, 0.3) is 0 Å². The molecule has 0 radical (unpaired) electrons. The molecule has 0 bridgehead atoms. The first kappa shape index (κ1) is 23.1. The topological polar surface area (TPSA) is 89.0 Å². The summed E-state index contributed by atoms with van der Waals surface area (Å²) in [5.74, 6) is -1.41. The summed E-state index contributed by atoms with van der Waals surface area (Å²) in [6.07, 6.45) is 1.20. The van der Waals surface area contributed by atoms with Gasteiger partial charge < -0.3 is 5.32 Å². The number of rotatable bonds is 6. The van der Waals surface area contributed by atoms with Crippen LogP contribution in [-0.4, -0.2) is 29.5 Å². The number of nitrogens with zero attached hydrogens (tertiary/aromatic N) is 2. The maximum Gasteiger partial charge on any atom is 0.259 e. The zero-order chi connectivity index (χ0) is 22.8. The molecule has 10 heteroatoms. The fourth-order valence-electron chi connectivity index (χ4n) is 2.88. The quantitative estimate of drug-likeness (QED) is 0.503. The van der Waals surface area contributed by atoms with E-state index in [2.05, 4.69) is 15.3 Å². The Balaban J connectivity index is 2.02. The van der Waals surface area contributed by atoms with Gasteiger partial charge in [-0.3, -0.25) is 4.79 Å². The van der Waals surface area contributed by atoms with Gasteiger partial charge in [0, 0.05) is 12.6 Å². The fourth-order valence-corrected chi connectivity index (χ4v) is 4.52. The Morgan fingerprint density at radius 3 is 2.52 bits per heavy atom. The van der Waals surface area contributed by atoms with Crippen molar-refractivity contribution in [1.29, 1.82) is 0 Å². The van der Waals surface area contributed by atoms with Crippen LogP contribution in [0, 0.1) is 5.82 Å². The van der Waals surface area contributed by atoms with Gasteiger partial charge in [-0.2, -0.15) is 0 Å². The number of nitrogens with one attached hydrogen (secondary N) is 1. The summed E-state index contributed by atoms with van der Waals surface area (Å²) in [7, 11) is -3.57. The minimum absolute atomic E-state index is 0.00186. The largest absolute Gasteiger partial charge is 0.318 e. The normalized spacial score (nSPS) is 11.5. The molecule has 1 aromatic heterocycles. The molecule has 0 spiro atoms. The van der Waals surface area contributed by atoms with Crippen molar-refractivity contribution >= 4 is 44.6 Å². The Kier molecular flexibility index (Phi) is 6.93. The van der Waals surface area contributed by atoms with E-state index in [-0.39, 0.29) is 38.6 Å². The van der Waals surface area contributed by atoms with Crippen molar-refractivity contribution in [2.24, 2.45) is 0 Å². The van der Waals surface area contributed by atoms with Gasteiger partial charge in [0.25, 0.3) is 5.91 Å². The Hall–Kier alpha value is -2.55. The van der Waals surface area contributed by atoms with Gasteiger partial charge in [0.15, 0.2) is 9.84 Å². The Morgan fingerprint density at radius 1 is 1.13 bits per heavy atom. The van der Waals surface area contributed by atoms with E-state index in [0.717, 1.165) is 6.07 Å². The number of aromatic nitrogens is 2. The molecule has 3 aromatic rings. The zero-order valence-electron chi connectivity index (χ0n) is 16.6. The number of sulfone groups is 1. The molecule has 2 aromatic carbocycles. The Morgan fingerprint density at radius 2 is 1.84 bits per heavy atom. The molecule has 3 rings (SSSR count). The lowest BCUT2D eigenvalue weighted by molar-refractivity contribution is 0.102. The molecule has 162 valence electrons. The van der Waals surface area contributed by atoms with Crippen LogP contribution in [0.15, 0.2) is 53.6 Å². The molecule has 1 heterocycles. The van der Waals surface area contributed by atoms with E-state index in [9.17, 15) is 17.6 Å². The van der Waals surface area contributed by atoms with E-state index in [0.29, 0.717) is 5.56 Å². The highest BCUT2D eigenvalue weighted by molar-refractivity contribution is 7.92. The molecule has 0 aliphatic rings. The number of hydrogen-bond donors (Lipinski definition) is 1. The summed E-state index contributed by atoms with van der Waals surface area (Å²) in [6, 6.07) is 10.5. The van der Waals surface area contributed by atoms with Crippen LogP contribution in [-0.2, 0) is 16.3 Å². The van der Waals surface area contributed by atoms with Crippen molar-refractivity contribution in [2.45, 2.75) is 30.4 Å². The van der Waals surface area contributed by atoms with E-state index in [4.69, 9.17) is 23.2 Å². The van der Waals surface area contributed by atoms with E-state index >= 15 is 0 Å². The first-order chi connectivity index (χ1) is 14.6. The summed E-state index contributed by atoms with van der Waals surface area (Å²) in [6.45, 7) is 3.18. The molecule has 0 saturated heterocycles. The Labute approximate surface area is 189 Å². The molecule has 31 heavy (non-hydrogen) atoms. The van der Waals surface area contributed by atoms with Crippen molar-refractivity contribution in [2.75, 3.05) is 5.32 Å². The number of anilines is 1. The molecule has 1 N–H and O–H groups in total. The van der Waals surface area contributed by atoms with Crippen LogP contribution in [0.3, 0.4) is 0 Å². The summed E-state index contributed by atoms with van der Waals surface area (Å²) < 4.78 is 39.6. The SMILES string of the molecule is CC(C)S(=O)(=O)c1ccccc1Cc1nc(Cl)ncc1C(=O)Nc1c(F)cccc1Cl. The van der Waals surface area contributed by atoms with Crippen LogP contribution in [0.2, 0.25) is 10.3 Å². The van der Waals surface area contributed by atoms with Gasteiger partial charge in [-0.25, -0.2) is 22.8 Å². The van der Waals surface area contributed by atoms with Gasteiger partial charge in [-0.1, -0.05) is 35.9 Å². The standard InChI is InChI=1S/C21H18Cl2FN3O3S/c1-12(2)31(29,30)18-9-4-3-6-13(18)10-17-14(11-25-21(23)26-17)20(28)27-19-15(22)7-5-8-16(19)24/h3-9,11-12H,10H2,1-2H3,(H,27,28). The summed E-state index contributed by atoms with van der Waals surface area (Å²) in [5, 5.41) is 1.70. The maximum absolute atomic E-state index is 14.1.